The molecule has 1 aliphatic rings. The van der Waals surface area contributed by atoms with Gasteiger partial charge in [-0.05, 0) is 64.7 Å². The fourth-order valence-electron chi connectivity index (χ4n) is 4.72. The highest BCUT2D eigenvalue weighted by Gasteiger charge is 2.30. The molecule has 0 N–H and O–H groups in total. The van der Waals surface area contributed by atoms with Crippen LogP contribution in [0.15, 0.2) is 52.9 Å². The molecule has 4 aromatic rings. The van der Waals surface area contributed by atoms with Crippen LogP contribution in [0, 0.1) is 17.1 Å². The van der Waals surface area contributed by atoms with Crippen LogP contribution in [-0.4, -0.2) is 59.3 Å². The van der Waals surface area contributed by atoms with Crippen molar-refractivity contribution < 1.29 is 13.9 Å². The maximum atomic E-state index is 14.4. The molecule has 10 nitrogen and oxygen atoms in total. The number of nitrogens with zero attached hydrogens (tertiary/aromatic N) is 8. The minimum atomic E-state index is -0.529. The SMILES string of the molecule is CN(C(=O)OC(C)(C)C)[C@H]1CC[C@@H](n2cc(-c3cc(Sc4ncccc4F)c4c(C#N)cnn4c3)nn2)CC1. The van der Waals surface area contributed by atoms with Gasteiger partial charge >= 0.3 is 6.09 Å². The van der Waals surface area contributed by atoms with Crippen LogP contribution < -0.4 is 0 Å². The number of carbonyl (C=O) groups excluding carboxylic acids is 1. The quantitative estimate of drug-likeness (QED) is 0.321. The molecule has 4 heterocycles. The molecule has 0 unspecified atom stereocenters. The largest absolute Gasteiger partial charge is 0.444 e. The van der Waals surface area contributed by atoms with Gasteiger partial charge in [-0.1, -0.05) is 17.0 Å². The van der Waals surface area contributed by atoms with Gasteiger partial charge in [0.25, 0.3) is 0 Å². The number of rotatable bonds is 5. The molecule has 1 amide bonds. The van der Waals surface area contributed by atoms with Crippen molar-refractivity contribution in [2.75, 3.05) is 7.05 Å². The van der Waals surface area contributed by atoms with E-state index in [1.807, 2.05) is 37.7 Å². The van der Waals surface area contributed by atoms with Crippen molar-refractivity contribution in [3.63, 3.8) is 0 Å². The summed E-state index contributed by atoms with van der Waals surface area (Å²) in [5.41, 5.74) is 1.81. The maximum Gasteiger partial charge on any atom is 0.410 e. The number of amides is 1. The van der Waals surface area contributed by atoms with E-state index in [2.05, 4.69) is 26.5 Å². The minimum absolute atomic E-state index is 0.113. The third-order valence-corrected chi connectivity index (χ3v) is 7.73. The molecule has 0 atom stereocenters. The summed E-state index contributed by atoms with van der Waals surface area (Å²) in [6.45, 7) is 5.59. The van der Waals surface area contributed by atoms with Crippen molar-refractivity contribution in [1.82, 2.24) is 34.5 Å². The zero-order valence-electron chi connectivity index (χ0n) is 22.2. The summed E-state index contributed by atoms with van der Waals surface area (Å²) in [4.78, 5) is 19.0. The van der Waals surface area contributed by atoms with Gasteiger partial charge in [-0.2, -0.15) is 10.4 Å². The van der Waals surface area contributed by atoms with Crippen LogP contribution in [-0.2, 0) is 4.74 Å². The molecule has 1 saturated carbocycles. The molecule has 4 aromatic heterocycles. The number of pyridine rings is 2. The van der Waals surface area contributed by atoms with Crippen molar-refractivity contribution in [2.45, 2.75) is 74.1 Å². The number of halogens is 1. The van der Waals surface area contributed by atoms with Crippen molar-refractivity contribution in [1.29, 1.82) is 5.26 Å². The number of nitriles is 1. The number of carbonyl (C=O) groups is 1. The van der Waals surface area contributed by atoms with Crippen molar-refractivity contribution in [3.8, 4) is 17.3 Å². The summed E-state index contributed by atoms with van der Waals surface area (Å²) >= 11 is 1.13. The van der Waals surface area contributed by atoms with Gasteiger partial charge in [0, 0.05) is 35.9 Å². The summed E-state index contributed by atoms with van der Waals surface area (Å²) in [5, 5.41) is 22.9. The van der Waals surface area contributed by atoms with Crippen LogP contribution in [0.2, 0.25) is 0 Å². The van der Waals surface area contributed by atoms with E-state index in [4.69, 9.17) is 4.74 Å². The van der Waals surface area contributed by atoms with Gasteiger partial charge in [0.05, 0.1) is 29.5 Å². The summed E-state index contributed by atoms with van der Waals surface area (Å²) in [6, 6.07) is 7.16. The molecule has 0 aromatic carbocycles. The molecular weight excluding hydrogens is 519 g/mol. The first kappa shape index (κ1) is 26.6. The summed E-state index contributed by atoms with van der Waals surface area (Å²) < 4.78 is 23.4. The summed E-state index contributed by atoms with van der Waals surface area (Å²) in [6.07, 6.45) is 9.77. The lowest BCUT2D eigenvalue weighted by atomic mass is 9.90. The molecule has 0 aliphatic heterocycles. The van der Waals surface area contributed by atoms with Gasteiger partial charge in [-0.25, -0.2) is 23.4 Å². The number of hydrogen-bond donors (Lipinski definition) is 0. The van der Waals surface area contributed by atoms with E-state index < -0.39 is 11.4 Å². The van der Waals surface area contributed by atoms with Gasteiger partial charge in [0.1, 0.15) is 22.4 Å². The Morgan fingerprint density at radius 3 is 2.72 bits per heavy atom. The molecular formula is C27H29FN8O2S. The van der Waals surface area contributed by atoms with E-state index in [-0.39, 0.29) is 23.2 Å². The van der Waals surface area contributed by atoms with E-state index in [9.17, 15) is 14.4 Å². The Hall–Kier alpha value is -3.98. The van der Waals surface area contributed by atoms with Crippen LogP contribution >= 0.6 is 11.8 Å². The standard InChI is InChI=1S/C27H29FN8O2S/c1-27(2,3)38-26(37)34(4)19-7-9-20(10-8-19)35-16-22(32-33-35)17-12-23(39-25-21(28)6-5-11-30-25)24-18(13-29)14-31-36(24)15-17/h5-6,11-12,14-16,19-20H,7-10H2,1-4H3/t19-,20+. The second-order valence-corrected chi connectivity index (χ2v) is 11.6. The first-order valence-electron chi connectivity index (χ1n) is 12.7. The number of aromatic nitrogens is 6. The van der Waals surface area contributed by atoms with E-state index in [1.165, 1.54) is 24.5 Å². The summed E-state index contributed by atoms with van der Waals surface area (Å²) in [5.74, 6) is -0.442. The van der Waals surface area contributed by atoms with E-state index in [0.29, 0.717) is 21.7 Å². The predicted molar refractivity (Wildman–Crippen MR) is 143 cm³/mol. The topological polar surface area (TPSA) is 114 Å². The minimum Gasteiger partial charge on any atom is -0.444 e. The molecule has 0 bridgehead atoms. The average Bonchev–Trinajstić information content (AvgIpc) is 3.56. The van der Waals surface area contributed by atoms with Gasteiger partial charge in [0.2, 0.25) is 0 Å². The first-order chi connectivity index (χ1) is 18.6. The average molecular weight is 549 g/mol. The second-order valence-electron chi connectivity index (χ2n) is 10.6. The van der Waals surface area contributed by atoms with Gasteiger partial charge in [0.15, 0.2) is 5.82 Å². The predicted octanol–water partition coefficient (Wildman–Crippen LogP) is 5.50. The number of ether oxygens (including phenoxy) is 1. The van der Waals surface area contributed by atoms with Crippen LogP contribution in [0.1, 0.15) is 58.1 Å². The van der Waals surface area contributed by atoms with Crippen molar-refractivity contribution in [2.24, 2.45) is 0 Å². The van der Waals surface area contributed by atoms with Crippen molar-refractivity contribution >= 4 is 23.4 Å². The number of hydrogen-bond acceptors (Lipinski definition) is 8. The lowest BCUT2D eigenvalue weighted by Gasteiger charge is -2.35. The molecule has 1 fully saturated rings. The second kappa shape index (κ2) is 10.6. The van der Waals surface area contributed by atoms with E-state index >= 15 is 0 Å². The monoisotopic (exact) mass is 548 g/mol. The Bertz CT molecular complexity index is 1550. The van der Waals surface area contributed by atoms with E-state index in [0.717, 1.165) is 43.0 Å². The molecule has 12 heteroatoms. The first-order valence-corrected chi connectivity index (χ1v) is 13.5. The number of fused-ring (bicyclic) bond motifs is 1. The van der Waals surface area contributed by atoms with Crippen molar-refractivity contribution in [3.05, 3.63) is 54.4 Å². The molecule has 0 saturated heterocycles. The van der Waals surface area contributed by atoms with Crippen LogP contribution in [0.3, 0.4) is 0 Å². The van der Waals surface area contributed by atoms with Gasteiger partial charge in [-0.15, -0.1) is 5.10 Å². The molecule has 0 radical (unpaired) electrons. The lowest BCUT2D eigenvalue weighted by molar-refractivity contribution is 0.0172. The maximum absolute atomic E-state index is 14.4. The fraction of sp³-hybridized carbons (Fsp3) is 0.407. The third-order valence-electron chi connectivity index (χ3n) is 6.70. The Labute approximate surface area is 229 Å². The van der Waals surface area contributed by atoms with Gasteiger partial charge in [-0.3, -0.25) is 0 Å². The molecule has 39 heavy (non-hydrogen) atoms. The highest BCUT2D eigenvalue weighted by molar-refractivity contribution is 7.99. The van der Waals surface area contributed by atoms with Crippen LogP contribution in [0.25, 0.3) is 16.8 Å². The molecule has 5 rings (SSSR count). The highest BCUT2D eigenvalue weighted by Crippen LogP contribution is 2.36. The zero-order valence-corrected chi connectivity index (χ0v) is 23.0. The molecule has 0 spiro atoms. The van der Waals surface area contributed by atoms with Gasteiger partial charge < -0.3 is 9.64 Å². The third kappa shape index (κ3) is 5.73. The Kier molecular flexibility index (Phi) is 7.27. The summed E-state index contributed by atoms with van der Waals surface area (Å²) in [7, 11) is 1.79. The Balaban J connectivity index is 1.35. The van der Waals surface area contributed by atoms with E-state index in [1.54, 1.807) is 22.7 Å². The lowest BCUT2D eigenvalue weighted by Crippen LogP contribution is -2.42. The van der Waals surface area contributed by atoms with Crippen LogP contribution in [0.5, 0.6) is 0 Å². The zero-order chi connectivity index (χ0) is 27.7. The normalized spacial score (nSPS) is 17.6. The smallest absolute Gasteiger partial charge is 0.410 e. The fourth-order valence-corrected chi connectivity index (χ4v) is 5.69. The Morgan fingerprint density at radius 2 is 2.03 bits per heavy atom. The molecule has 202 valence electrons. The van der Waals surface area contributed by atoms with Crippen LogP contribution in [0.4, 0.5) is 9.18 Å². The molecule has 1 aliphatic carbocycles. The highest BCUT2D eigenvalue weighted by atomic mass is 32.2. The Morgan fingerprint density at radius 1 is 1.26 bits per heavy atom.